The van der Waals surface area contributed by atoms with E-state index in [0.717, 1.165) is 12.8 Å². The molecule has 0 amide bonds. The van der Waals surface area contributed by atoms with Gasteiger partial charge < -0.3 is 0 Å². The predicted octanol–water partition coefficient (Wildman–Crippen LogP) is 2.97. The summed E-state index contributed by atoms with van der Waals surface area (Å²) in [6, 6.07) is 9.16. The number of allylic oxidation sites excluding steroid dienone is 4. The van der Waals surface area contributed by atoms with Crippen LogP contribution in [0.3, 0.4) is 0 Å². The molecule has 5 heteroatoms. The zero-order chi connectivity index (χ0) is 17.5. The zero-order valence-electron chi connectivity index (χ0n) is 14.5. The van der Waals surface area contributed by atoms with Crippen LogP contribution >= 0.6 is 0 Å². The minimum atomic E-state index is -0.215. The van der Waals surface area contributed by atoms with Crippen LogP contribution in [0.4, 0.5) is 0 Å². The first-order valence-corrected chi connectivity index (χ1v) is 9.60. The molecule has 2 bridgehead atoms. The SMILES string of the molecule is O=c1n(-c2ccccc2)c(=O)n2n1[C@H]1C=C[C@H]2[C@]23C=C[C@]12CCCCC3. The number of rotatable bonds is 1. The molecule has 0 saturated heterocycles. The summed E-state index contributed by atoms with van der Waals surface area (Å²) in [6.45, 7) is 0. The molecule has 2 aromatic rings. The van der Waals surface area contributed by atoms with Crippen molar-refractivity contribution in [2.24, 2.45) is 10.8 Å². The Morgan fingerprint density at radius 1 is 0.769 bits per heavy atom. The van der Waals surface area contributed by atoms with Gasteiger partial charge in [-0.15, -0.1) is 0 Å². The number of hydrogen-bond donors (Lipinski definition) is 0. The number of para-hydroxylation sites is 1. The van der Waals surface area contributed by atoms with E-state index >= 15 is 0 Å². The number of nitrogens with zero attached hydrogens (tertiary/aromatic N) is 3. The van der Waals surface area contributed by atoms with E-state index in [4.69, 9.17) is 0 Å². The monoisotopic (exact) mass is 347 g/mol. The lowest BCUT2D eigenvalue weighted by atomic mass is 9.44. The minimum absolute atomic E-state index is 0.00204. The molecule has 4 atom stereocenters. The van der Waals surface area contributed by atoms with Crippen LogP contribution in [0.2, 0.25) is 0 Å². The molecule has 2 aliphatic heterocycles. The summed E-state index contributed by atoms with van der Waals surface area (Å²) in [7, 11) is 0. The van der Waals surface area contributed by atoms with Gasteiger partial charge in [-0.1, -0.05) is 61.8 Å². The Bertz CT molecular complexity index is 1020. The van der Waals surface area contributed by atoms with Crippen molar-refractivity contribution in [2.75, 3.05) is 0 Å². The van der Waals surface area contributed by atoms with E-state index in [-0.39, 0.29) is 34.3 Å². The molecule has 7 rings (SSSR count). The highest BCUT2D eigenvalue weighted by atomic mass is 16.2. The largest absolute Gasteiger partial charge is 0.352 e. The van der Waals surface area contributed by atoms with Gasteiger partial charge in [-0.25, -0.2) is 23.5 Å². The summed E-state index contributed by atoms with van der Waals surface area (Å²) in [4.78, 5) is 26.6. The average molecular weight is 347 g/mol. The van der Waals surface area contributed by atoms with Crippen LogP contribution < -0.4 is 11.4 Å². The van der Waals surface area contributed by atoms with E-state index in [1.54, 1.807) is 9.36 Å². The number of hydrogen-bond acceptors (Lipinski definition) is 2. The lowest BCUT2D eigenvalue weighted by Gasteiger charge is -2.64. The summed E-state index contributed by atoms with van der Waals surface area (Å²) in [6.07, 6.45) is 14.9. The normalized spacial score (nSPS) is 36.0. The molecule has 26 heavy (non-hydrogen) atoms. The molecule has 0 unspecified atom stereocenters. The Morgan fingerprint density at radius 3 is 1.81 bits per heavy atom. The molecule has 1 aromatic heterocycles. The summed E-state index contributed by atoms with van der Waals surface area (Å²) in [5.74, 6) is 0. The standard InChI is InChI=1S/C21H21N3O2/c25-18-22(15-7-3-1-4-8-15)19(26)24-17-10-9-16(23(18)24)20-11-5-2-6-12-21(17,20)14-13-20/h1,3-4,7-10,13-14,16-17H,2,5-6,11-12H2/t16-,17-,20-,21+/m0/s1. The zero-order valence-corrected chi connectivity index (χ0v) is 14.5. The molecule has 1 fully saturated rings. The van der Waals surface area contributed by atoms with E-state index in [9.17, 15) is 9.59 Å². The van der Waals surface area contributed by atoms with Gasteiger partial charge in [0.05, 0.1) is 17.8 Å². The summed E-state index contributed by atoms with van der Waals surface area (Å²) in [5.41, 5.74) is 0.220. The van der Waals surface area contributed by atoms with Crippen molar-refractivity contribution in [3.8, 4) is 5.69 Å². The first kappa shape index (κ1) is 14.6. The van der Waals surface area contributed by atoms with Gasteiger partial charge >= 0.3 is 11.4 Å². The second-order valence-corrected chi connectivity index (χ2v) is 8.17. The van der Waals surface area contributed by atoms with Crippen molar-refractivity contribution in [3.05, 3.63) is 75.6 Å². The Balaban J connectivity index is 1.65. The van der Waals surface area contributed by atoms with Crippen molar-refractivity contribution >= 4 is 0 Å². The molecule has 0 N–H and O–H groups in total. The second-order valence-electron chi connectivity index (χ2n) is 8.17. The third-order valence-electron chi connectivity index (χ3n) is 7.30. The number of aromatic nitrogens is 3. The van der Waals surface area contributed by atoms with Crippen molar-refractivity contribution in [2.45, 2.75) is 44.2 Å². The molecule has 0 spiro atoms. The van der Waals surface area contributed by atoms with E-state index in [2.05, 4.69) is 24.3 Å². The lowest BCUT2D eigenvalue weighted by Crippen LogP contribution is -2.63. The third kappa shape index (κ3) is 1.38. The van der Waals surface area contributed by atoms with Crippen LogP contribution in [0.5, 0.6) is 0 Å². The first-order valence-electron chi connectivity index (χ1n) is 9.60. The van der Waals surface area contributed by atoms with E-state index < -0.39 is 0 Å². The van der Waals surface area contributed by atoms with Gasteiger partial charge in [-0.05, 0) is 25.0 Å². The second kappa shape index (κ2) is 4.58. The Hall–Kier alpha value is -2.56. The van der Waals surface area contributed by atoms with Crippen LogP contribution in [0.25, 0.3) is 5.69 Å². The van der Waals surface area contributed by atoms with Gasteiger partial charge in [0.1, 0.15) is 0 Å². The predicted molar refractivity (Wildman–Crippen MR) is 98.6 cm³/mol. The van der Waals surface area contributed by atoms with E-state index in [0.29, 0.717) is 5.69 Å². The lowest BCUT2D eigenvalue weighted by molar-refractivity contribution is -0.0552. The van der Waals surface area contributed by atoms with Crippen LogP contribution in [0, 0.1) is 10.8 Å². The molecule has 5 aliphatic rings. The number of benzene rings is 1. The minimum Gasteiger partial charge on any atom is -0.245 e. The molecule has 132 valence electrons. The quantitative estimate of drug-likeness (QED) is 0.745. The fourth-order valence-electron chi connectivity index (χ4n) is 6.13. The van der Waals surface area contributed by atoms with Crippen molar-refractivity contribution in [3.63, 3.8) is 0 Å². The van der Waals surface area contributed by atoms with Gasteiger partial charge in [0.25, 0.3) is 0 Å². The van der Waals surface area contributed by atoms with E-state index in [1.165, 1.54) is 23.8 Å². The first-order chi connectivity index (χ1) is 12.7. The fourth-order valence-corrected chi connectivity index (χ4v) is 6.13. The van der Waals surface area contributed by atoms with Crippen LogP contribution in [-0.4, -0.2) is 13.9 Å². The van der Waals surface area contributed by atoms with Crippen molar-refractivity contribution < 1.29 is 0 Å². The van der Waals surface area contributed by atoms with Gasteiger partial charge in [-0.3, -0.25) is 0 Å². The molecule has 3 aliphatic carbocycles. The van der Waals surface area contributed by atoms with Crippen LogP contribution in [-0.2, 0) is 0 Å². The highest BCUT2D eigenvalue weighted by Crippen LogP contribution is 2.71. The molecule has 1 aromatic carbocycles. The topological polar surface area (TPSA) is 48.9 Å². The van der Waals surface area contributed by atoms with Gasteiger partial charge in [0, 0.05) is 10.8 Å². The van der Waals surface area contributed by atoms with Gasteiger partial charge in [-0.2, -0.15) is 0 Å². The maximum Gasteiger partial charge on any atom is 0.352 e. The Morgan fingerprint density at radius 2 is 1.31 bits per heavy atom. The van der Waals surface area contributed by atoms with Crippen LogP contribution in [0.15, 0.2) is 64.2 Å². The van der Waals surface area contributed by atoms with E-state index in [1.807, 2.05) is 30.3 Å². The molecule has 0 radical (unpaired) electrons. The summed E-state index contributed by atoms with van der Waals surface area (Å²) >= 11 is 0. The summed E-state index contributed by atoms with van der Waals surface area (Å²) < 4.78 is 4.82. The highest BCUT2D eigenvalue weighted by Gasteiger charge is 2.67. The Kier molecular flexibility index (Phi) is 2.57. The summed E-state index contributed by atoms with van der Waals surface area (Å²) in [5, 5.41) is 0. The molecule has 3 heterocycles. The maximum atomic E-state index is 13.3. The highest BCUT2D eigenvalue weighted by molar-refractivity contribution is 5.41. The fraction of sp³-hybridized carbons (Fsp3) is 0.429. The maximum absolute atomic E-state index is 13.3. The average Bonchev–Trinajstić information content (AvgIpc) is 2.82. The van der Waals surface area contributed by atoms with Gasteiger partial charge in [0.2, 0.25) is 0 Å². The Labute approximate surface area is 150 Å². The molecule has 5 nitrogen and oxygen atoms in total. The van der Waals surface area contributed by atoms with Crippen molar-refractivity contribution in [1.82, 2.24) is 13.9 Å². The molecule has 1 saturated carbocycles. The third-order valence-corrected chi connectivity index (χ3v) is 7.30. The smallest absolute Gasteiger partial charge is 0.245 e. The van der Waals surface area contributed by atoms with Crippen molar-refractivity contribution in [1.29, 1.82) is 0 Å². The molecular weight excluding hydrogens is 326 g/mol. The van der Waals surface area contributed by atoms with Gasteiger partial charge in [0.15, 0.2) is 0 Å². The molecular formula is C21H21N3O2. The van der Waals surface area contributed by atoms with Crippen LogP contribution in [0.1, 0.15) is 44.2 Å².